The minimum atomic E-state index is -4.81. The molecule has 6 heteroatoms. The van der Waals surface area contributed by atoms with Gasteiger partial charge < -0.3 is 4.74 Å². The Balaban J connectivity index is 1.43. The summed E-state index contributed by atoms with van der Waals surface area (Å²) < 4.78 is 69.4. The fourth-order valence-corrected chi connectivity index (χ4v) is 5.64. The zero-order valence-electron chi connectivity index (χ0n) is 17.9. The number of ether oxygens (including phenoxy) is 1. The predicted molar refractivity (Wildman–Crippen MR) is 108 cm³/mol. The van der Waals surface area contributed by atoms with E-state index in [2.05, 4.69) is 11.7 Å². The Morgan fingerprint density at radius 1 is 0.933 bits per heavy atom. The fraction of sp³-hybridized carbons (Fsp3) is 0.833. The van der Waals surface area contributed by atoms with Gasteiger partial charge in [-0.25, -0.2) is 4.39 Å². The molecule has 0 radical (unpaired) electrons. The summed E-state index contributed by atoms with van der Waals surface area (Å²) in [5, 5.41) is 0. The van der Waals surface area contributed by atoms with Gasteiger partial charge in [-0.05, 0) is 74.2 Å². The maximum absolute atomic E-state index is 13.5. The molecule has 0 amide bonds. The minimum absolute atomic E-state index is 0.116. The molecule has 3 aliphatic rings. The van der Waals surface area contributed by atoms with Crippen LogP contribution in [0, 0.1) is 23.7 Å². The third kappa shape index (κ3) is 5.66. The highest BCUT2D eigenvalue weighted by atomic mass is 19.3. The van der Waals surface area contributed by atoms with E-state index < -0.39 is 24.8 Å². The number of halogens is 5. The molecule has 0 bridgehead atoms. The molecule has 0 aromatic rings. The zero-order valence-corrected chi connectivity index (χ0v) is 17.9. The second-order valence-electron chi connectivity index (χ2n) is 9.49. The highest BCUT2D eigenvalue weighted by molar-refractivity contribution is 5.27. The van der Waals surface area contributed by atoms with Crippen LogP contribution >= 0.6 is 0 Å². The van der Waals surface area contributed by atoms with E-state index in [0.717, 1.165) is 36.2 Å². The number of hydrogen-bond acceptors (Lipinski definition) is 1. The van der Waals surface area contributed by atoms with Crippen LogP contribution in [-0.2, 0) is 4.74 Å². The molecule has 0 saturated heterocycles. The van der Waals surface area contributed by atoms with Gasteiger partial charge in [-0.1, -0.05) is 50.8 Å². The summed E-state index contributed by atoms with van der Waals surface area (Å²) >= 11 is 0. The third-order valence-corrected chi connectivity index (χ3v) is 7.48. The normalized spacial score (nSPS) is 33.4. The van der Waals surface area contributed by atoms with Gasteiger partial charge in [0.15, 0.2) is 6.67 Å². The first kappa shape index (κ1) is 23.7. The van der Waals surface area contributed by atoms with Crippen LogP contribution in [0.1, 0.15) is 77.6 Å². The lowest BCUT2D eigenvalue weighted by atomic mass is 9.67. The van der Waals surface area contributed by atoms with Gasteiger partial charge in [0.25, 0.3) is 0 Å². The second-order valence-corrected chi connectivity index (χ2v) is 9.49. The van der Waals surface area contributed by atoms with E-state index in [0.29, 0.717) is 5.92 Å². The summed E-state index contributed by atoms with van der Waals surface area (Å²) in [4.78, 5) is 0. The molecule has 0 N–H and O–H groups in total. The van der Waals surface area contributed by atoms with Gasteiger partial charge in [0, 0.05) is 0 Å². The standard InChI is InChI=1S/C24H35F5O/c1-2-3-17-4-6-18(7-5-17)19-8-10-20(11-9-19)21-12-14-22(15-13-21)30-24(28,29)23(26,27)16-25/h12-14,17-20,22H,2-11,15-16H2,1H3. The first-order valence-corrected chi connectivity index (χ1v) is 11.6. The molecule has 3 rings (SSSR count). The van der Waals surface area contributed by atoms with Gasteiger partial charge in [-0.15, -0.1) is 0 Å². The zero-order chi connectivity index (χ0) is 21.8. The topological polar surface area (TPSA) is 9.23 Å². The number of rotatable bonds is 8. The van der Waals surface area contributed by atoms with Crippen molar-refractivity contribution in [2.75, 3.05) is 6.67 Å². The van der Waals surface area contributed by atoms with Crippen LogP contribution in [0.25, 0.3) is 0 Å². The van der Waals surface area contributed by atoms with Crippen molar-refractivity contribution in [3.05, 3.63) is 23.8 Å². The fourth-order valence-electron chi connectivity index (χ4n) is 5.64. The lowest BCUT2D eigenvalue weighted by Crippen LogP contribution is -2.46. The van der Waals surface area contributed by atoms with E-state index >= 15 is 0 Å². The molecule has 0 aliphatic heterocycles. The number of hydrogen-bond donors (Lipinski definition) is 0. The van der Waals surface area contributed by atoms with Crippen LogP contribution in [0.5, 0.6) is 0 Å². The van der Waals surface area contributed by atoms with Crippen molar-refractivity contribution in [3.63, 3.8) is 0 Å². The Kier molecular flexibility index (Phi) is 8.03. The van der Waals surface area contributed by atoms with Crippen LogP contribution in [-0.4, -0.2) is 24.8 Å². The summed E-state index contributed by atoms with van der Waals surface area (Å²) in [5.74, 6) is -1.82. The van der Waals surface area contributed by atoms with E-state index in [1.54, 1.807) is 6.08 Å². The van der Waals surface area contributed by atoms with Crippen LogP contribution in [0.15, 0.2) is 23.8 Å². The largest absolute Gasteiger partial charge is 0.422 e. The second kappa shape index (κ2) is 10.1. The Morgan fingerprint density at radius 3 is 2.03 bits per heavy atom. The van der Waals surface area contributed by atoms with Gasteiger partial charge in [0.2, 0.25) is 0 Å². The van der Waals surface area contributed by atoms with Crippen molar-refractivity contribution >= 4 is 0 Å². The molecule has 2 fully saturated rings. The first-order chi connectivity index (χ1) is 14.3. The average molecular weight is 435 g/mol. The quantitative estimate of drug-likeness (QED) is 0.353. The third-order valence-electron chi connectivity index (χ3n) is 7.48. The van der Waals surface area contributed by atoms with Gasteiger partial charge in [-0.2, -0.15) is 17.6 Å². The summed E-state index contributed by atoms with van der Waals surface area (Å²) in [6.07, 6.45) is 11.9. The predicted octanol–water partition coefficient (Wildman–Crippen LogP) is 7.87. The molecular weight excluding hydrogens is 399 g/mol. The van der Waals surface area contributed by atoms with Gasteiger partial charge in [0.05, 0.1) is 6.10 Å². The molecule has 3 aliphatic carbocycles. The van der Waals surface area contributed by atoms with Gasteiger partial charge >= 0.3 is 12.0 Å². The summed E-state index contributed by atoms with van der Waals surface area (Å²) in [7, 11) is 0. The molecule has 1 nitrogen and oxygen atoms in total. The maximum atomic E-state index is 13.5. The molecule has 1 unspecified atom stereocenters. The Hall–Kier alpha value is -0.910. The molecular formula is C24H35F5O. The van der Waals surface area contributed by atoms with E-state index in [1.165, 1.54) is 57.4 Å². The average Bonchev–Trinajstić information content (AvgIpc) is 2.75. The maximum Gasteiger partial charge on any atom is 0.422 e. The molecule has 0 heterocycles. The van der Waals surface area contributed by atoms with E-state index in [-0.39, 0.29) is 6.42 Å². The Morgan fingerprint density at radius 2 is 1.53 bits per heavy atom. The van der Waals surface area contributed by atoms with Gasteiger partial charge in [0.1, 0.15) is 0 Å². The summed E-state index contributed by atoms with van der Waals surface area (Å²) in [6, 6.07) is 0. The molecule has 0 aromatic heterocycles. The highest BCUT2D eigenvalue weighted by Gasteiger charge is 2.59. The highest BCUT2D eigenvalue weighted by Crippen LogP contribution is 2.44. The van der Waals surface area contributed by atoms with Crippen molar-refractivity contribution in [1.82, 2.24) is 0 Å². The monoisotopic (exact) mass is 434 g/mol. The van der Waals surface area contributed by atoms with Crippen molar-refractivity contribution in [3.8, 4) is 0 Å². The minimum Gasteiger partial charge on any atom is -0.308 e. The molecule has 0 aromatic carbocycles. The molecule has 172 valence electrons. The Labute approximate surface area is 177 Å². The number of allylic oxidation sites excluding steroid dienone is 2. The molecule has 0 spiro atoms. The molecule has 1 atom stereocenters. The lowest BCUT2D eigenvalue weighted by molar-refractivity contribution is -0.358. The van der Waals surface area contributed by atoms with Gasteiger partial charge in [-0.3, -0.25) is 0 Å². The lowest BCUT2D eigenvalue weighted by Gasteiger charge is -2.38. The Bertz CT molecular complexity index is 599. The SMILES string of the molecule is CCCC1CCC(C2CCC(C3=CCC(OC(F)(F)C(F)(F)CF)C=C3)CC2)CC1. The van der Waals surface area contributed by atoms with E-state index in [9.17, 15) is 22.0 Å². The molecule has 30 heavy (non-hydrogen) atoms. The van der Waals surface area contributed by atoms with Crippen LogP contribution in [0.3, 0.4) is 0 Å². The summed E-state index contributed by atoms with van der Waals surface area (Å²) in [5.41, 5.74) is 1.10. The van der Waals surface area contributed by atoms with Crippen molar-refractivity contribution in [2.45, 2.75) is 95.7 Å². The first-order valence-electron chi connectivity index (χ1n) is 11.6. The van der Waals surface area contributed by atoms with Crippen molar-refractivity contribution < 1.29 is 26.7 Å². The van der Waals surface area contributed by atoms with Crippen LogP contribution in [0.4, 0.5) is 22.0 Å². The van der Waals surface area contributed by atoms with E-state index in [4.69, 9.17) is 0 Å². The number of alkyl halides is 5. The smallest absolute Gasteiger partial charge is 0.308 e. The van der Waals surface area contributed by atoms with Crippen LogP contribution < -0.4 is 0 Å². The van der Waals surface area contributed by atoms with Crippen LogP contribution in [0.2, 0.25) is 0 Å². The van der Waals surface area contributed by atoms with E-state index in [1.807, 2.05) is 6.08 Å². The van der Waals surface area contributed by atoms with Crippen molar-refractivity contribution in [1.29, 1.82) is 0 Å². The summed E-state index contributed by atoms with van der Waals surface area (Å²) in [6.45, 7) is -0.179. The van der Waals surface area contributed by atoms with Crippen molar-refractivity contribution in [2.24, 2.45) is 23.7 Å². The molecule has 2 saturated carbocycles.